The van der Waals surface area contributed by atoms with Gasteiger partial charge in [0.05, 0.1) is 12.7 Å². The highest BCUT2D eigenvalue weighted by molar-refractivity contribution is 5.97. The van der Waals surface area contributed by atoms with Gasteiger partial charge in [0.15, 0.2) is 0 Å². The molecular weight excluding hydrogens is 240 g/mol. The molecule has 1 unspecified atom stereocenters. The van der Waals surface area contributed by atoms with Gasteiger partial charge >= 0.3 is 5.97 Å². The van der Waals surface area contributed by atoms with Crippen molar-refractivity contribution in [1.82, 2.24) is 0 Å². The number of nitrogens with one attached hydrogen (secondary N) is 1. The second-order valence-electron chi connectivity index (χ2n) is 5.37. The third kappa shape index (κ3) is 2.83. The van der Waals surface area contributed by atoms with Gasteiger partial charge < -0.3 is 15.8 Å². The Bertz CT molecular complexity index is 481. The van der Waals surface area contributed by atoms with Gasteiger partial charge in [0.1, 0.15) is 0 Å². The summed E-state index contributed by atoms with van der Waals surface area (Å²) in [5.74, 6) is 0.347. The standard InChI is InChI=1S/C15H22N2O2/c1-9-7-12(17-10(2)11-5-4-6-11)8-13(14(9)16)15(18)19-3/h7-8,10-11,17H,4-6,16H2,1-3H3. The Balaban J connectivity index is 2.20. The molecule has 1 aliphatic rings. The molecule has 4 heteroatoms. The van der Waals surface area contributed by atoms with E-state index in [9.17, 15) is 4.79 Å². The Labute approximate surface area is 114 Å². The predicted octanol–water partition coefficient (Wildman–Crippen LogP) is 2.96. The lowest BCUT2D eigenvalue weighted by Crippen LogP contribution is -2.30. The molecule has 1 atom stereocenters. The van der Waals surface area contributed by atoms with Gasteiger partial charge in [-0.05, 0) is 50.3 Å². The number of anilines is 2. The number of carbonyl (C=O) groups excluding carboxylic acids is 1. The van der Waals surface area contributed by atoms with Crippen molar-refractivity contribution in [2.75, 3.05) is 18.2 Å². The summed E-state index contributed by atoms with van der Waals surface area (Å²) in [6, 6.07) is 4.18. The molecule has 3 N–H and O–H groups in total. The second-order valence-corrected chi connectivity index (χ2v) is 5.37. The van der Waals surface area contributed by atoms with Crippen LogP contribution in [0.5, 0.6) is 0 Å². The number of esters is 1. The van der Waals surface area contributed by atoms with E-state index in [2.05, 4.69) is 12.2 Å². The zero-order valence-corrected chi connectivity index (χ0v) is 11.8. The maximum Gasteiger partial charge on any atom is 0.340 e. The molecule has 0 heterocycles. The first-order chi connectivity index (χ1) is 9.02. The summed E-state index contributed by atoms with van der Waals surface area (Å²) in [4.78, 5) is 11.7. The van der Waals surface area contributed by atoms with Crippen molar-refractivity contribution in [2.45, 2.75) is 39.2 Å². The fraction of sp³-hybridized carbons (Fsp3) is 0.533. The van der Waals surface area contributed by atoms with Gasteiger partial charge in [0.25, 0.3) is 0 Å². The van der Waals surface area contributed by atoms with Crippen molar-refractivity contribution in [3.63, 3.8) is 0 Å². The van der Waals surface area contributed by atoms with Crippen LogP contribution in [0.4, 0.5) is 11.4 Å². The van der Waals surface area contributed by atoms with Crippen LogP contribution in [-0.4, -0.2) is 19.1 Å². The van der Waals surface area contributed by atoms with E-state index in [-0.39, 0.29) is 5.97 Å². The van der Waals surface area contributed by atoms with Crippen LogP contribution in [0.3, 0.4) is 0 Å². The maximum atomic E-state index is 11.7. The van der Waals surface area contributed by atoms with Crippen LogP contribution in [0.2, 0.25) is 0 Å². The van der Waals surface area contributed by atoms with E-state index in [0.29, 0.717) is 17.3 Å². The topological polar surface area (TPSA) is 64.3 Å². The number of hydrogen-bond acceptors (Lipinski definition) is 4. The lowest BCUT2D eigenvalue weighted by molar-refractivity contribution is 0.0602. The minimum atomic E-state index is -0.388. The molecule has 0 spiro atoms. The Morgan fingerprint density at radius 2 is 2.16 bits per heavy atom. The van der Waals surface area contributed by atoms with Crippen LogP contribution in [0.1, 0.15) is 42.1 Å². The van der Waals surface area contributed by atoms with E-state index in [1.807, 2.05) is 13.0 Å². The van der Waals surface area contributed by atoms with Crippen molar-refractivity contribution >= 4 is 17.3 Å². The average Bonchev–Trinajstić information content (AvgIpc) is 2.30. The predicted molar refractivity (Wildman–Crippen MR) is 77.4 cm³/mol. The number of rotatable bonds is 4. The van der Waals surface area contributed by atoms with Gasteiger partial charge in [-0.1, -0.05) is 6.42 Å². The van der Waals surface area contributed by atoms with E-state index in [1.54, 1.807) is 6.07 Å². The number of nitrogen functional groups attached to an aromatic ring is 1. The summed E-state index contributed by atoms with van der Waals surface area (Å²) in [6.07, 6.45) is 3.89. The summed E-state index contributed by atoms with van der Waals surface area (Å²) in [5.41, 5.74) is 8.69. The van der Waals surface area contributed by atoms with Crippen molar-refractivity contribution in [1.29, 1.82) is 0 Å². The van der Waals surface area contributed by atoms with Crippen molar-refractivity contribution < 1.29 is 9.53 Å². The van der Waals surface area contributed by atoms with Crippen LogP contribution < -0.4 is 11.1 Å². The first kappa shape index (κ1) is 13.7. The zero-order chi connectivity index (χ0) is 14.0. The molecule has 1 aromatic rings. The van der Waals surface area contributed by atoms with Gasteiger partial charge in [-0.2, -0.15) is 0 Å². The van der Waals surface area contributed by atoms with E-state index < -0.39 is 0 Å². The summed E-state index contributed by atoms with van der Waals surface area (Å²) in [6.45, 7) is 4.09. The second kappa shape index (κ2) is 5.51. The van der Waals surface area contributed by atoms with Gasteiger partial charge in [-0.25, -0.2) is 4.79 Å². The number of hydrogen-bond donors (Lipinski definition) is 2. The van der Waals surface area contributed by atoms with Gasteiger partial charge in [0, 0.05) is 17.4 Å². The van der Waals surface area contributed by atoms with Crippen LogP contribution in [0.25, 0.3) is 0 Å². The quantitative estimate of drug-likeness (QED) is 0.647. The van der Waals surface area contributed by atoms with E-state index in [1.165, 1.54) is 26.4 Å². The summed E-state index contributed by atoms with van der Waals surface area (Å²) < 4.78 is 4.77. The smallest absolute Gasteiger partial charge is 0.340 e. The van der Waals surface area contributed by atoms with Gasteiger partial charge in [-0.3, -0.25) is 0 Å². The number of carbonyl (C=O) groups is 1. The number of nitrogens with two attached hydrogens (primary N) is 1. The highest BCUT2D eigenvalue weighted by Gasteiger charge is 2.24. The molecule has 1 saturated carbocycles. The van der Waals surface area contributed by atoms with Crippen LogP contribution in [0.15, 0.2) is 12.1 Å². The van der Waals surface area contributed by atoms with Crippen molar-refractivity contribution in [3.05, 3.63) is 23.3 Å². The minimum absolute atomic E-state index is 0.388. The summed E-state index contributed by atoms with van der Waals surface area (Å²) in [5, 5.41) is 3.47. The summed E-state index contributed by atoms with van der Waals surface area (Å²) >= 11 is 0. The molecule has 0 aromatic heterocycles. The lowest BCUT2D eigenvalue weighted by atomic mass is 9.80. The van der Waals surface area contributed by atoms with Gasteiger partial charge in [0.2, 0.25) is 0 Å². The molecule has 0 radical (unpaired) electrons. The molecule has 0 amide bonds. The van der Waals surface area contributed by atoms with Crippen LogP contribution in [0, 0.1) is 12.8 Å². The molecule has 1 fully saturated rings. The van der Waals surface area contributed by atoms with Crippen LogP contribution in [-0.2, 0) is 4.74 Å². The Morgan fingerprint density at radius 3 is 2.68 bits per heavy atom. The average molecular weight is 262 g/mol. The van der Waals surface area contributed by atoms with E-state index in [4.69, 9.17) is 10.5 Å². The molecule has 4 nitrogen and oxygen atoms in total. The van der Waals surface area contributed by atoms with E-state index >= 15 is 0 Å². The van der Waals surface area contributed by atoms with Crippen LogP contribution >= 0.6 is 0 Å². The molecule has 0 aliphatic heterocycles. The molecule has 1 aliphatic carbocycles. The first-order valence-corrected chi connectivity index (χ1v) is 6.78. The number of benzene rings is 1. The molecule has 0 saturated heterocycles. The first-order valence-electron chi connectivity index (χ1n) is 6.78. The lowest BCUT2D eigenvalue weighted by Gasteiger charge is -2.32. The third-order valence-corrected chi connectivity index (χ3v) is 4.04. The molecular formula is C15H22N2O2. The Hall–Kier alpha value is -1.71. The molecule has 19 heavy (non-hydrogen) atoms. The van der Waals surface area contributed by atoms with Crippen molar-refractivity contribution in [3.8, 4) is 0 Å². The normalized spacial score (nSPS) is 16.6. The third-order valence-electron chi connectivity index (χ3n) is 4.04. The van der Waals surface area contributed by atoms with Crippen molar-refractivity contribution in [2.24, 2.45) is 5.92 Å². The Kier molecular flexibility index (Phi) is 3.98. The fourth-order valence-electron chi connectivity index (χ4n) is 2.48. The molecule has 0 bridgehead atoms. The molecule has 2 rings (SSSR count). The van der Waals surface area contributed by atoms with Gasteiger partial charge in [-0.15, -0.1) is 0 Å². The number of aryl methyl sites for hydroxylation is 1. The van der Waals surface area contributed by atoms with E-state index in [0.717, 1.165) is 17.2 Å². The highest BCUT2D eigenvalue weighted by atomic mass is 16.5. The Morgan fingerprint density at radius 1 is 1.47 bits per heavy atom. The molecule has 1 aromatic carbocycles. The zero-order valence-electron chi connectivity index (χ0n) is 11.8. The summed E-state index contributed by atoms with van der Waals surface area (Å²) in [7, 11) is 1.37. The molecule has 104 valence electrons. The highest BCUT2D eigenvalue weighted by Crippen LogP contribution is 2.32. The minimum Gasteiger partial charge on any atom is -0.465 e. The number of ether oxygens (including phenoxy) is 1. The SMILES string of the molecule is COC(=O)c1cc(NC(C)C2CCC2)cc(C)c1N. The fourth-order valence-corrected chi connectivity index (χ4v) is 2.48. The monoisotopic (exact) mass is 262 g/mol. The maximum absolute atomic E-state index is 11.7. The number of methoxy groups -OCH3 is 1. The largest absolute Gasteiger partial charge is 0.465 e.